The molecular formula is C13H12FN5. The summed E-state index contributed by atoms with van der Waals surface area (Å²) in [6.07, 6.45) is 1.37. The molecule has 0 atom stereocenters. The highest BCUT2D eigenvalue weighted by atomic mass is 19.1. The van der Waals surface area contributed by atoms with Crippen LogP contribution >= 0.6 is 0 Å². The summed E-state index contributed by atoms with van der Waals surface area (Å²) < 4.78 is 15.5. The maximum absolute atomic E-state index is 13.6. The third-order valence-electron chi connectivity index (χ3n) is 3.04. The number of nitrogens with zero attached hydrogens (tertiary/aromatic N) is 4. The lowest BCUT2D eigenvalue weighted by atomic mass is 10.3. The first-order valence-electron chi connectivity index (χ1n) is 5.82. The van der Waals surface area contributed by atoms with Crippen LogP contribution in [0.5, 0.6) is 0 Å². The van der Waals surface area contributed by atoms with Crippen LogP contribution in [0.2, 0.25) is 0 Å². The van der Waals surface area contributed by atoms with Gasteiger partial charge in [0.1, 0.15) is 5.82 Å². The highest BCUT2D eigenvalue weighted by molar-refractivity contribution is 5.75. The molecule has 96 valence electrons. The van der Waals surface area contributed by atoms with Crippen molar-refractivity contribution >= 4 is 17.0 Å². The first-order chi connectivity index (χ1) is 9.15. The van der Waals surface area contributed by atoms with E-state index in [1.807, 2.05) is 35.9 Å². The summed E-state index contributed by atoms with van der Waals surface area (Å²) in [6.45, 7) is 0. The van der Waals surface area contributed by atoms with Crippen LogP contribution in [0.1, 0.15) is 11.5 Å². The van der Waals surface area contributed by atoms with Gasteiger partial charge in [0.2, 0.25) is 5.95 Å². The van der Waals surface area contributed by atoms with Crippen molar-refractivity contribution in [2.45, 2.75) is 6.42 Å². The molecule has 2 aromatic heterocycles. The van der Waals surface area contributed by atoms with Gasteiger partial charge in [0, 0.05) is 7.05 Å². The molecule has 0 bridgehead atoms. The fraction of sp³-hybridized carbons (Fsp3) is 0.154. The fourth-order valence-corrected chi connectivity index (χ4v) is 2.05. The SMILES string of the molecule is Cn1c(Cc2nc(N)ncc2F)nc2ccccc21. The number of nitrogens with two attached hydrogens (primary N) is 1. The first kappa shape index (κ1) is 11.6. The largest absolute Gasteiger partial charge is 0.368 e. The van der Waals surface area contributed by atoms with Gasteiger partial charge >= 0.3 is 0 Å². The molecule has 1 aromatic carbocycles. The topological polar surface area (TPSA) is 69.6 Å². The van der Waals surface area contributed by atoms with Crippen molar-refractivity contribution in [3.05, 3.63) is 47.8 Å². The molecule has 0 aliphatic rings. The predicted octanol–water partition coefficient (Wildman–Crippen LogP) is 1.68. The third-order valence-corrected chi connectivity index (χ3v) is 3.04. The number of fused-ring (bicyclic) bond motifs is 1. The zero-order valence-electron chi connectivity index (χ0n) is 10.3. The number of hydrogen-bond donors (Lipinski definition) is 1. The van der Waals surface area contributed by atoms with Crippen LogP contribution in [0.25, 0.3) is 11.0 Å². The second-order valence-corrected chi connectivity index (χ2v) is 4.28. The lowest BCUT2D eigenvalue weighted by Crippen LogP contribution is -2.06. The number of anilines is 1. The smallest absolute Gasteiger partial charge is 0.220 e. The number of rotatable bonds is 2. The number of aromatic nitrogens is 4. The van der Waals surface area contributed by atoms with Gasteiger partial charge in [-0.25, -0.2) is 19.3 Å². The maximum atomic E-state index is 13.6. The van der Waals surface area contributed by atoms with Crippen LogP contribution in [0.15, 0.2) is 30.5 Å². The number of nitrogen functional groups attached to an aromatic ring is 1. The number of hydrogen-bond acceptors (Lipinski definition) is 4. The minimum atomic E-state index is -0.471. The highest BCUT2D eigenvalue weighted by Gasteiger charge is 2.12. The zero-order valence-corrected chi connectivity index (χ0v) is 10.3. The van der Waals surface area contributed by atoms with Crippen molar-refractivity contribution in [2.24, 2.45) is 7.05 Å². The van der Waals surface area contributed by atoms with E-state index in [0.29, 0.717) is 0 Å². The molecule has 0 saturated carbocycles. The Labute approximate surface area is 108 Å². The molecular weight excluding hydrogens is 245 g/mol. The Balaban J connectivity index is 2.06. The summed E-state index contributed by atoms with van der Waals surface area (Å²) in [5.74, 6) is 0.328. The second-order valence-electron chi connectivity index (χ2n) is 4.28. The Kier molecular flexibility index (Phi) is 2.63. The fourth-order valence-electron chi connectivity index (χ4n) is 2.05. The van der Waals surface area contributed by atoms with Crippen LogP contribution in [0.3, 0.4) is 0 Å². The van der Waals surface area contributed by atoms with Crippen molar-refractivity contribution in [2.75, 3.05) is 5.73 Å². The molecule has 0 fully saturated rings. The van der Waals surface area contributed by atoms with E-state index in [9.17, 15) is 4.39 Å². The zero-order chi connectivity index (χ0) is 13.4. The molecule has 0 unspecified atom stereocenters. The number of aryl methyl sites for hydroxylation is 1. The Morgan fingerprint density at radius 1 is 1.26 bits per heavy atom. The summed E-state index contributed by atoms with van der Waals surface area (Å²) in [5.41, 5.74) is 7.61. The standard InChI is InChI=1S/C13H12FN5/c1-19-11-5-3-2-4-9(11)17-12(19)6-10-8(14)7-16-13(15)18-10/h2-5,7H,6H2,1H3,(H2,15,16,18). The van der Waals surface area contributed by atoms with E-state index in [-0.39, 0.29) is 18.1 Å². The number of imidazole rings is 1. The second kappa shape index (κ2) is 4.31. The Hall–Kier alpha value is -2.50. The van der Waals surface area contributed by atoms with Gasteiger partial charge in [0.05, 0.1) is 29.3 Å². The van der Waals surface area contributed by atoms with Gasteiger partial charge in [-0.2, -0.15) is 0 Å². The monoisotopic (exact) mass is 257 g/mol. The Morgan fingerprint density at radius 2 is 2.05 bits per heavy atom. The molecule has 2 N–H and O–H groups in total. The summed E-state index contributed by atoms with van der Waals surface area (Å²) >= 11 is 0. The van der Waals surface area contributed by atoms with E-state index in [1.54, 1.807) is 0 Å². The number of para-hydroxylation sites is 2. The average Bonchev–Trinajstić information content (AvgIpc) is 2.72. The van der Waals surface area contributed by atoms with E-state index in [0.717, 1.165) is 23.1 Å². The van der Waals surface area contributed by atoms with Crippen molar-refractivity contribution in [3.8, 4) is 0 Å². The minimum absolute atomic E-state index is 0.0650. The highest BCUT2D eigenvalue weighted by Crippen LogP contribution is 2.17. The van der Waals surface area contributed by atoms with Crippen molar-refractivity contribution in [1.29, 1.82) is 0 Å². The molecule has 0 aliphatic heterocycles. The molecule has 2 heterocycles. The summed E-state index contributed by atoms with van der Waals surface area (Å²) in [7, 11) is 1.90. The minimum Gasteiger partial charge on any atom is -0.368 e. The predicted molar refractivity (Wildman–Crippen MR) is 69.9 cm³/mol. The van der Waals surface area contributed by atoms with Crippen LogP contribution in [0, 0.1) is 5.82 Å². The van der Waals surface area contributed by atoms with E-state index >= 15 is 0 Å². The van der Waals surface area contributed by atoms with Gasteiger partial charge in [0.25, 0.3) is 0 Å². The van der Waals surface area contributed by atoms with E-state index < -0.39 is 5.82 Å². The lowest BCUT2D eigenvalue weighted by molar-refractivity contribution is 0.593. The quantitative estimate of drug-likeness (QED) is 0.758. The molecule has 0 aliphatic carbocycles. The van der Waals surface area contributed by atoms with Crippen LogP contribution in [0.4, 0.5) is 10.3 Å². The summed E-state index contributed by atoms with van der Waals surface area (Å²) in [6, 6.07) is 7.75. The maximum Gasteiger partial charge on any atom is 0.220 e. The Bertz CT molecular complexity index is 750. The molecule has 0 amide bonds. The number of benzene rings is 1. The van der Waals surface area contributed by atoms with Crippen LogP contribution < -0.4 is 5.73 Å². The lowest BCUT2D eigenvalue weighted by Gasteiger charge is -2.03. The Morgan fingerprint density at radius 3 is 2.84 bits per heavy atom. The van der Waals surface area contributed by atoms with E-state index in [1.165, 1.54) is 0 Å². The normalized spacial score (nSPS) is 11.1. The molecule has 3 rings (SSSR count). The van der Waals surface area contributed by atoms with Crippen LogP contribution in [-0.2, 0) is 13.5 Å². The molecule has 0 saturated heterocycles. The third kappa shape index (κ3) is 2.01. The summed E-state index contributed by atoms with van der Waals surface area (Å²) in [4.78, 5) is 12.0. The van der Waals surface area contributed by atoms with Gasteiger partial charge in [-0.15, -0.1) is 0 Å². The average molecular weight is 257 g/mol. The molecule has 6 heteroatoms. The van der Waals surface area contributed by atoms with Gasteiger partial charge in [-0.05, 0) is 12.1 Å². The summed E-state index contributed by atoms with van der Waals surface area (Å²) in [5, 5.41) is 0. The molecule has 3 aromatic rings. The molecule has 0 radical (unpaired) electrons. The van der Waals surface area contributed by atoms with E-state index in [4.69, 9.17) is 5.73 Å². The van der Waals surface area contributed by atoms with Crippen molar-refractivity contribution in [3.63, 3.8) is 0 Å². The molecule has 0 spiro atoms. The van der Waals surface area contributed by atoms with Gasteiger partial charge < -0.3 is 10.3 Å². The van der Waals surface area contributed by atoms with Gasteiger partial charge in [-0.1, -0.05) is 12.1 Å². The first-order valence-corrected chi connectivity index (χ1v) is 5.82. The van der Waals surface area contributed by atoms with Gasteiger partial charge in [-0.3, -0.25) is 0 Å². The molecule has 5 nitrogen and oxygen atoms in total. The van der Waals surface area contributed by atoms with Crippen molar-refractivity contribution in [1.82, 2.24) is 19.5 Å². The van der Waals surface area contributed by atoms with Crippen molar-refractivity contribution < 1.29 is 4.39 Å². The number of halogens is 1. The van der Waals surface area contributed by atoms with Crippen LogP contribution in [-0.4, -0.2) is 19.5 Å². The van der Waals surface area contributed by atoms with Gasteiger partial charge in [0.15, 0.2) is 5.82 Å². The molecule has 19 heavy (non-hydrogen) atoms. The van der Waals surface area contributed by atoms with E-state index in [2.05, 4.69) is 15.0 Å².